The molecule has 1 aliphatic rings. The van der Waals surface area contributed by atoms with Gasteiger partial charge in [0, 0.05) is 5.70 Å². The Balaban J connectivity index is 2.57. The first kappa shape index (κ1) is 14.8. The summed E-state index contributed by atoms with van der Waals surface area (Å²) in [6, 6.07) is 9.16. The lowest BCUT2D eigenvalue weighted by Crippen LogP contribution is -2.35. The number of ether oxygens (including phenoxy) is 2. The van der Waals surface area contributed by atoms with E-state index in [1.165, 1.54) is 14.2 Å². The molecule has 0 radical (unpaired) electrons. The van der Waals surface area contributed by atoms with Gasteiger partial charge in [-0.1, -0.05) is 30.3 Å². The lowest BCUT2D eigenvalue weighted by molar-refractivity contribution is -0.136. The number of hydrogen-bond donors (Lipinski definition) is 1. The van der Waals surface area contributed by atoms with Crippen molar-refractivity contribution in [2.75, 3.05) is 14.2 Å². The number of hydrazone groups is 1. The minimum Gasteiger partial charge on any atom is -0.466 e. The molecule has 0 bridgehead atoms. The third-order valence-corrected chi connectivity index (χ3v) is 3.24. The zero-order valence-electron chi connectivity index (χ0n) is 12.0. The highest BCUT2D eigenvalue weighted by molar-refractivity contribution is 6.40. The van der Waals surface area contributed by atoms with Crippen molar-refractivity contribution in [2.45, 2.75) is 12.8 Å². The number of rotatable bonds is 3. The summed E-state index contributed by atoms with van der Waals surface area (Å²) in [4.78, 5) is 24.0. The summed E-state index contributed by atoms with van der Waals surface area (Å²) < 4.78 is 9.58. The Morgan fingerprint density at radius 2 is 1.71 bits per heavy atom. The molecule has 0 amide bonds. The van der Waals surface area contributed by atoms with Gasteiger partial charge in [-0.05, 0) is 12.5 Å². The number of esters is 2. The zero-order valence-corrected chi connectivity index (χ0v) is 12.0. The van der Waals surface area contributed by atoms with E-state index in [-0.39, 0.29) is 5.71 Å². The largest absolute Gasteiger partial charge is 0.466 e. The van der Waals surface area contributed by atoms with E-state index in [1.807, 2.05) is 30.3 Å². The molecule has 2 rings (SSSR count). The summed E-state index contributed by atoms with van der Waals surface area (Å²) in [5.41, 5.74) is 4.46. The second-order valence-corrected chi connectivity index (χ2v) is 4.47. The number of nitrogens with zero attached hydrogens (tertiary/aromatic N) is 1. The standard InChI is InChI=1S/C15H16N2O4/c1-9-11(14(18)20-2)12(10-7-5-4-6-8-10)13(17-16-9)15(19)21-3/h4-8,12,16H,1-3H3. The SMILES string of the molecule is COC(=O)C1=NNC(C)=C(C(=O)OC)C1c1ccccc1. The molecule has 0 fully saturated rings. The van der Waals surface area contributed by atoms with Gasteiger partial charge in [0.25, 0.3) is 0 Å². The molecule has 1 unspecified atom stereocenters. The molecule has 0 aliphatic carbocycles. The van der Waals surface area contributed by atoms with Crippen LogP contribution in [0.5, 0.6) is 0 Å². The lowest BCUT2D eigenvalue weighted by Gasteiger charge is -2.25. The molecule has 0 aromatic heterocycles. The third-order valence-electron chi connectivity index (χ3n) is 3.24. The van der Waals surface area contributed by atoms with Crippen molar-refractivity contribution in [3.63, 3.8) is 0 Å². The molecule has 1 aromatic carbocycles. The van der Waals surface area contributed by atoms with Crippen molar-refractivity contribution in [3.8, 4) is 0 Å². The van der Waals surface area contributed by atoms with Gasteiger partial charge in [0.2, 0.25) is 0 Å². The van der Waals surface area contributed by atoms with Gasteiger partial charge in [0.1, 0.15) is 0 Å². The van der Waals surface area contributed by atoms with Crippen LogP contribution >= 0.6 is 0 Å². The molecule has 1 atom stereocenters. The maximum Gasteiger partial charge on any atom is 0.355 e. The monoisotopic (exact) mass is 288 g/mol. The van der Waals surface area contributed by atoms with Crippen LogP contribution in [0.15, 0.2) is 46.7 Å². The third kappa shape index (κ3) is 2.79. The van der Waals surface area contributed by atoms with Gasteiger partial charge in [-0.3, -0.25) is 5.43 Å². The Morgan fingerprint density at radius 1 is 1.10 bits per heavy atom. The van der Waals surface area contributed by atoms with Gasteiger partial charge in [-0.15, -0.1) is 0 Å². The minimum absolute atomic E-state index is 0.120. The predicted octanol–water partition coefficient (Wildman–Crippen LogP) is 1.35. The van der Waals surface area contributed by atoms with Crippen LogP contribution < -0.4 is 5.43 Å². The predicted molar refractivity (Wildman–Crippen MR) is 76.5 cm³/mol. The molecular formula is C15H16N2O4. The Kier molecular flexibility index (Phi) is 4.37. The number of methoxy groups -OCH3 is 2. The van der Waals surface area contributed by atoms with E-state index in [4.69, 9.17) is 9.47 Å². The van der Waals surface area contributed by atoms with Gasteiger partial charge in [-0.25, -0.2) is 9.59 Å². The minimum atomic E-state index is -0.618. The van der Waals surface area contributed by atoms with Gasteiger partial charge < -0.3 is 9.47 Å². The highest BCUT2D eigenvalue weighted by Gasteiger charge is 2.37. The molecule has 1 aliphatic heterocycles. The summed E-state index contributed by atoms with van der Waals surface area (Å²) in [6.45, 7) is 1.71. The summed E-state index contributed by atoms with van der Waals surface area (Å²) in [6.07, 6.45) is 0. The highest BCUT2D eigenvalue weighted by Crippen LogP contribution is 2.31. The number of carbonyl (C=O) groups excluding carboxylic acids is 2. The second-order valence-electron chi connectivity index (χ2n) is 4.47. The van der Waals surface area contributed by atoms with Crippen LogP contribution in [0.3, 0.4) is 0 Å². The number of benzene rings is 1. The smallest absolute Gasteiger partial charge is 0.355 e. The van der Waals surface area contributed by atoms with E-state index < -0.39 is 17.9 Å². The zero-order chi connectivity index (χ0) is 15.4. The first-order chi connectivity index (χ1) is 10.1. The molecule has 110 valence electrons. The molecular weight excluding hydrogens is 272 g/mol. The number of hydrogen-bond acceptors (Lipinski definition) is 6. The molecule has 0 saturated carbocycles. The van der Waals surface area contributed by atoms with E-state index in [1.54, 1.807) is 6.92 Å². The molecule has 1 heterocycles. The molecule has 0 spiro atoms. The molecule has 1 N–H and O–H groups in total. The fourth-order valence-electron chi connectivity index (χ4n) is 2.24. The fourth-order valence-corrected chi connectivity index (χ4v) is 2.24. The van der Waals surface area contributed by atoms with E-state index >= 15 is 0 Å². The average Bonchev–Trinajstić information content (AvgIpc) is 2.53. The number of nitrogens with one attached hydrogen (secondary N) is 1. The van der Waals surface area contributed by atoms with Crippen molar-refractivity contribution in [2.24, 2.45) is 5.10 Å². The summed E-state index contributed by atoms with van der Waals surface area (Å²) in [5.74, 6) is -1.72. The van der Waals surface area contributed by atoms with E-state index in [0.29, 0.717) is 11.3 Å². The van der Waals surface area contributed by atoms with Crippen LogP contribution in [-0.2, 0) is 19.1 Å². The van der Waals surface area contributed by atoms with Crippen molar-refractivity contribution in [1.82, 2.24) is 5.43 Å². The van der Waals surface area contributed by atoms with Crippen LogP contribution in [0.25, 0.3) is 0 Å². The first-order valence-corrected chi connectivity index (χ1v) is 6.36. The van der Waals surface area contributed by atoms with Crippen LogP contribution in [0.1, 0.15) is 18.4 Å². The quantitative estimate of drug-likeness (QED) is 0.850. The Labute approximate surface area is 122 Å². The molecule has 21 heavy (non-hydrogen) atoms. The Hall–Kier alpha value is -2.63. The maximum atomic E-state index is 12.1. The van der Waals surface area contributed by atoms with Gasteiger partial charge >= 0.3 is 11.9 Å². The Morgan fingerprint density at radius 3 is 2.29 bits per heavy atom. The molecule has 6 nitrogen and oxygen atoms in total. The van der Waals surface area contributed by atoms with E-state index in [2.05, 4.69) is 10.5 Å². The van der Waals surface area contributed by atoms with E-state index in [0.717, 1.165) is 5.56 Å². The van der Waals surface area contributed by atoms with Crippen LogP contribution in [0.2, 0.25) is 0 Å². The highest BCUT2D eigenvalue weighted by atomic mass is 16.5. The number of allylic oxidation sites excluding steroid dienone is 1. The summed E-state index contributed by atoms with van der Waals surface area (Å²) >= 11 is 0. The van der Waals surface area contributed by atoms with Crippen molar-refractivity contribution in [3.05, 3.63) is 47.2 Å². The fraction of sp³-hybridized carbons (Fsp3) is 0.267. The first-order valence-electron chi connectivity index (χ1n) is 6.36. The number of carbonyl (C=O) groups is 2. The van der Waals surface area contributed by atoms with Crippen molar-refractivity contribution >= 4 is 17.7 Å². The van der Waals surface area contributed by atoms with Crippen LogP contribution in [-0.4, -0.2) is 31.9 Å². The lowest BCUT2D eigenvalue weighted by atomic mass is 9.85. The molecule has 0 saturated heterocycles. The Bertz CT molecular complexity index is 620. The van der Waals surface area contributed by atoms with Gasteiger partial charge in [0.15, 0.2) is 5.71 Å². The molecule has 6 heteroatoms. The van der Waals surface area contributed by atoms with Gasteiger partial charge in [0.05, 0.1) is 25.7 Å². The summed E-state index contributed by atoms with van der Waals surface area (Å²) in [7, 11) is 2.57. The van der Waals surface area contributed by atoms with Crippen LogP contribution in [0.4, 0.5) is 0 Å². The molecule has 1 aromatic rings. The topological polar surface area (TPSA) is 77.0 Å². The van der Waals surface area contributed by atoms with Gasteiger partial charge in [-0.2, -0.15) is 5.10 Å². The second kappa shape index (κ2) is 6.21. The normalized spacial score (nSPS) is 17.7. The van der Waals surface area contributed by atoms with Crippen LogP contribution in [0, 0.1) is 0 Å². The van der Waals surface area contributed by atoms with E-state index in [9.17, 15) is 9.59 Å². The van der Waals surface area contributed by atoms with Crippen molar-refractivity contribution in [1.29, 1.82) is 0 Å². The maximum absolute atomic E-state index is 12.1. The van der Waals surface area contributed by atoms with Crippen molar-refractivity contribution < 1.29 is 19.1 Å². The summed E-state index contributed by atoms with van der Waals surface area (Å²) in [5, 5.41) is 4.03. The average molecular weight is 288 g/mol.